The van der Waals surface area contributed by atoms with Gasteiger partial charge in [0.05, 0.1) is 11.4 Å². The highest BCUT2D eigenvalue weighted by molar-refractivity contribution is 6.41. The molecule has 18 heteroatoms. The van der Waals surface area contributed by atoms with E-state index in [9.17, 15) is 34.2 Å². The summed E-state index contributed by atoms with van der Waals surface area (Å²) in [4.78, 5) is 73.3. The number of likely N-dealkylation sites (tertiary alicyclic amines) is 1. The molecule has 5 amide bonds. The van der Waals surface area contributed by atoms with Gasteiger partial charge in [-0.25, -0.2) is 9.59 Å². The van der Waals surface area contributed by atoms with Gasteiger partial charge in [-0.05, 0) is 89.3 Å². The van der Waals surface area contributed by atoms with Gasteiger partial charge in [-0.15, -0.1) is 5.10 Å². The highest BCUT2D eigenvalue weighted by atomic mass is 35.5. The molecule has 0 radical (unpaired) electrons. The fourth-order valence-corrected chi connectivity index (χ4v) is 6.96. The summed E-state index contributed by atoms with van der Waals surface area (Å²) in [5.74, 6) is -3.46. The zero-order chi connectivity index (χ0) is 37.9. The van der Waals surface area contributed by atoms with Crippen LogP contribution >= 0.6 is 11.6 Å². The van der Waals surface area contributed by atoms with Crippen molar-refractivity contribution in [3.8, 4) is 5.69 Å². The number of urea groups is 1. The number of carboxylic acid groups (broad SMARTS) is 1. The second-order valence-electron chi connectivity index (χ2n) is 13.1. The molecule has 0 bridgehead atoms. The van der Waals surface area contributed by atoms with Gasteiger partial charge in [-0.1, -0.05) is 23.7 Å². The highest BCUT2D eigenvalue weighted by Gasteiger charge is 2.40. The maximum atomic E-state index is 14.1. The Bertz CT molecular complexity index is 2230. The average molecular weight is 755 g/mol. The molecule has 2 saturated heterocycles. The normalized spacial score (nSPS) is 16.8. The molecule has 0 saturated carbocycles. The third-order valence-electron chi connectivity index (χ3n) is 9.57. The van der Waals surface area contributed by atoms with Gasteiger partial charge >= 0.3 is 23.8 Å². The number of nitrogens with one attached hydrogen (secondary N) is 3. The highest BCUT2D eigenvalue weighted by Crippen LogP contribution is 2.30. The molecule has 2 fully saturated rings. The van der Waals surface area contributed by atoms with E-state index in [4.69, 9.17) is 11.6 Å². The number of anilines is 3. The molecule has 7 rings (SSSR count). The number of halogens is 1. The number of amides is 5. The van der Waals surface area contributed by atoms with Gasteiger partial charge in [0.25, 0.3) is 0 Å². The number of carbonyl (C=O) groups is 5. The number of hydrogen-bond acceptors (Lipinski definition) is 9. The Kier molecular flexibility index (Phi) is 10.2. The Morgan fingerprint density at radius 3 is 2.46 bits per heavy atom. The number of carbonyl (C=O) groups excluding carboxylic acids is 4. The van der Waals surface area contributed by atoms with Gasteiger partial charge in [-0.3, -0.25) is 14.4 Å². The lowest BCUT2D eigenvalue weighted by Crippen LogP contribution is -2.60. The van der Waals surface area contributed by atoms with E-state index in [1.165, 1.54) is 32.9 Å². The van der Waals surface area contributed by atoms with Gasteiger partial charge in [0, 0.05) is 66.5 Å². The Balaban J connectivity index is 1.13. The summed E-state index contributed by atoms with van der Waals surface area (Å²) in [6, 6.07) is 16.5. The van der Waals surface area contributed by atoms with Crippen LogP contribution in [0.5, 0.6) is 0 Å². The van der Waals surface area contributed by atoms with E-state index in [2.05, 4.69) is 31.1 Å². The molecule has 2 aliphatic heterocycles. The summed E-state index contributed by atoms with van der Waals surface area (Å²) in [5, 5.41) is 36.8. The fraction of sp³-hybridized carbons (Fsp3) is 0.278. The van der Waals surface area contributed by atoms with E-state index in [1.54, 1.807) is 59.5 Å². The number of aromatic nitrogens is 5. The molecule has 0 aliphatic carbocycles. The van der Waals surface area contributed by atoms with Gasteiger partial charge < -0.3 is 40.5 Å². The summed E-state index contributed by atoms with van der Waals surface area (Å²) in [7, 11) is 0. The second-order valence-corrected chi connectivity index (χ2v) is 13.5. The number of aliphatic hydroxyl groups excluding tert-OH is 1. The van der Waals surface area contributed by atoms with E-state index in [0.717, 1.165) is 12.8 Å². The van der Waals surface area contributed by atoms with Crippen molar-refractivity contribution in [3.63, 3.8) is 0 Å². The predicted octanol–water partition coefficient (Wildman–Crippen LogP) is 3.16. The second kappa shape index (κ2) is 15.3. The van der Waals surface area contributed by atoms with Crippen LogP contribution in [0, 0.1) is 5.92 Å². The summed E-state index contributed by atoms with van der Waals surface area (Å²) in [6.07, 6.45) is 3.03. The molecule has 5 N–H and O–H groups in total. The maximum Gasteiger partial charge on any atom is 0.352 e. The number of piperazine rings is 1. The van der Waals surface area contributed by atoms with Crippen LogP contribution in [-0.4, -0.2) is 114 Å². The molecule has 278 valence electrons. The number of benzene rings is 3. The topological polar surface area (TPSA) is 219 Å². The number of nitrogens with zero attached hydrogens (tertiary/aromatic N) is 7. The van der Waals surface area contributed by atoms with Crippen LogP contribution in [0.25, 0.3) is 16.6 Å². The van der Waals surface area contributed by atoms with Gasteiger partial charge in [0.15, 0.2) is 0 Å². The molecule has 4 heterocycles. The zero-order valence-electron chi connectivity index (χ0n) is 28.7. The number of carboxylic acids is 1. The average Bonchev–Trinajstić information content (AvgIpc) is 3.87. The van der Waals surface area contributed by atoms with Crippen LogP contribution in [0.2, 0.25) is 5.02 Å². The lowest BCUT2D eigenvalue weighted by atomic mass is 9.99. The Morgan fingerprint density at radius 2 is 1.72 bits per heavy atom. The van der Waals surface area contributed by atoms with Crippen molar-refractivity contribution < 1.29 is 34.2 Å². The molecular weight excluding hydrogens is 720 g/mol. The number of aromatic amines is 1. The van der Waals surface area contributed by atoms with Crippen LogP contribution in [0.3, 0.4) is 0 Å². The Labute approximate surface area is 312 Å². The van der Waals surface area contributed by atoms with Crippen molar-refractivity contribution in [2.75, 3.05) is 48.3 Å². The van der Waals surface area contributed by atoms with Crippen LogP contribution in [0.4, 0.5) is 21.9 Å². The largest absolute Gasteiger partial charge is 0.477 e. The number of hydrogen-bond donors (Lipinski definition) is 5. The third-order valence-corrected chi connectivity index (χ3v) is 9.81. The quantitative estimate of drug-likeness (QED) is 0.131. The first-order chi connectivity index (χ1) is 26.1. The maximum absolute atomic E-state index is 14.1. The zero-order valence-corrected chi connectivity index (χ0v) is 29.4. The van der Waals surface area contributed by atoms with E-state index in [1.807, 2.05) is 0 Å². The lowest BCUT2D eigenvalue weighted by Gasteiger charge is -2.38. The summed E-state index contributed by atoms with van der Waals surface area (Å²) >= 11 is 6.30. The van der Waals surface area contributed by atoms with E-state index >= 15 is 0 Å². The molecule has 54 heavy (non-hydrogen) atoms. The van der Waals surface area contributed by atoms with Crippen molar-refractivity contribution >= 4 is 69.3 Å². The Hall–Kier alpha value is -6.33. The monoisotopic (exact) mass is 754 g/mol. The number of aromatic carboxylic acids is 1. The van der Waals surface area contributed by atoms with Crippen molar-refractivity contribution in [1.82, 2.24) is 35.0 Å². The first kappa shape index (κ1) is 36.0. The van der Waals surface area contributed by atoms with E-state index in [-0.39, 0.29) is 43.8 Å². The standard InChI is InChI=1S/C36H35ClN10O7/c37-24-5-10-29(47-20-38-42-43-47)30(17-24)45-12-13-46(34(51)33(45)50)31(32(49)39-26-8-9-27-23(15-26)16-28(41-27)35(52)53)14-21-3-6-25(7-4-21)40-36(54)44-11-1-2-22(18-44)19-48/h3-10,15-17,20,22,31,41,48H,1-2,11-14,18-19H2,(H,39,49)(H,40,54)(H,52,53). The molecular formula is C36H35ClN10O7. The number of rotatable bonds is 10. The van der Waals surface area contributed by atoms with Crippen LogP contribution in [0.15, 0.2) is 73.1 Å². The molecule has 17 nitrogen and oxygen atoms in total. The van der Waals surface area contributed by atoms with Crippen LogP contribution < -0.4 is 15.5 Å². The van der Waals surface area contributed by atoms with E-state index in [0.29, 0.717) is 57.3 Å². The first-order valence-electron chi connectivity index (χ1n) is 17.2. The minimum Gasteiger partial charge on any atom is -0.477 e. The number of fused-ring (bicyclic) bond motifs is 1. The number of piperidine rings is 1. The number of H-pyrrole nitrogens is 1. The number of aliphatic hydroxyl groups is 1. The molecule has 2 aromatic heterocycles. The number of tetrazole rings is 1. The van der Waals surface area contributed by atoms with Gasteiger partial charge in [0.2, 0.25) is 5.91 Å². The molecule has 2 aliphatic rings. The Morgan fingerprint density at radius 1 is 0.926 bits per heavy atom. The third kappa shape index (κ3) is 7.58. The lowest BCUT2D eigenvalue weighted by molar-refractivity contribution is -0.149. The molecule has 3 aromatic carbocycles. The summed E-state index contributed by atoms with van der Waals surface area (Å²) < 4.78 is 1.34. The minimum atomic E-state index is -1.15. The van der Waals surface area contributed by atoms with Crippen molar-refractivity contribution in [2.45, 2.75) is 25.3 Å². The summed E-state index contributed by atoms with van der Waals surface area (Å²) in [6.45, 7) is 1.08. The molecule has 2 unspecified atom stereocenters. The van der Waals surface area contributed by atoms with Crippen molar-refractivity contribution in [2.24, 2.45) is 5.92 Å². The van der Waals surface area contributed by atoms with Crippen molar-refractivity contribution in [1.29, 1.82) is 0 Å². The molecule has 5 aromatic rings. The minimum absolute atomic E-state index is 0.0121. The fourth-order valence-electron chi connectivity index (χ4n) is 6.80. The van der Waals surface area contributed by atoms with Gasteiger partial charge in [0.1, 0.15) is 18.1 Å². The predicted molar refractivity (Wildman–Crippen MR) is 196 cm³/mol. The SMILES string of the molecule is O=C(O)c1cc2cc(NC(=O)C(Cc3ccc(NC(=O)N4CCCC(CO)C4)cc3)N3CCN(c4cc(Cl)ccc4-n4cnnn4)C(=O)C3=O)ccc2[nH]1. The van der Waals surface area contributed by atoms with Crippen molar-refractivity contribution in [3.05, 3.63) is 89.3 Å². The van der Waals surface area contributed by atoms with E-state index < -0.39 is 29.7 Å². The molecule has 0 spiro atoms. The first-order valence-corrected chi connectivity index (χ1v) is 17.5. The van der Waals surface area contributed by atoms with Crippen LogP contribution in [-0.2, 0) is 20.8 Å². The van der Waals surface area contributed by atoms with Gasteiger partial charge in [-0.2, -0.15) is 4.68 Å². The van der Waals surface area contributed by atoms with Crippen LogP contribution in [0.1, 0.15) is 28.9 Å². The smallest absolute Gasteiger partial charge is 0.352 e. The molecule has 2 atom stereocenters. The summed E-state index contributed by atoms with van der Waals surface area (Å²) in [5.41, 5.74) is 2.80.